The zero-order valence-corrected chi connectivity index (χ0v) is 23.6. The fourth-order valence-electron chi connectivity index (χ4n) is 6.35. The number of fused-ring (bicyclic) bond motifs is 2. The summed E-state index contributed by atoms with van der Waals surface area (Å²) in [5, 5.41) is 0. The van der Waals surface area contributed by atoms with Crippen LogP contribution in [0.2, 0.25) is 0 Å². The molecule has 2 heterocycles. The molecule has 0 saturated carbocycles. The molecule has 0 amide bonds. The zero-order chi connectivity index (χ0) is 28.6. The molecule has 6 aromatic rings. The van der Waals surface area contributed by atoms with Gasteiger partial charge in [-0.05, 0) is 71.8 Å². The lowest BCUT2D eigenvalue weighted by Gasteiger charge is -2.40. The molecular formula is C38H31N5. The van der Waals surface area contributed by atoms with E-state index < -0.39 is 0 Å². The highest BCUT2D eigenvalue weighted by molar-refractivity contribution is 6.01. The zero-order valence-electron chi connectivity index (χ0n) is 23.6. The number of nitrogens with zero attached hydrogens (tertiary/aromatic N) is 3. The molecule has 6 aromatic carbocycles. The average Bonchev–Trinajstić information content (AvgIpc) is 3.54. The van der Waals surface area contributed by atoms with E-state index in [1.165, 1.54) is 11.1 Å². The smallest absolute Gasteiger partial charge is 0.120 e. The Morgan fingerprint density at radius 2 is 0.674 bits per heavy atom. The van der Waals surface area contributed by atoms with Crippen molar-refractivity contribution in [2.24, 2.45) is 0 Å². The van der Waals surface area contributed by atoms with Crippen LogP contribution >= 0.6 is 0 Å². The molecule has 0 bridgehead atoms. The van der Waals surface area contributed by atoms with E-state index in [0.29, 0.717) is 0 Å². The van der Waals surface area contributed by atoms with Gasteiger partial charge in [-0.2, -0.15) is 0 Å². The fraction of sp³-hybridized carbons (Fsp3) is 0.0526. The highest BCUT2D eigenvalue weighted by Crippen LogP contribution is 2.53. The van der Waals surface area contributed by atoms with Crippen molar-refractivity contribution in [3.8, 4) is 0 Å². The van der Waals surface area contributed by atoms with Gasteiger partial charge in [0.05, 0.1) is 22.7 Å². The summed E-state index contributed by atoms with van der Waals surface area (Å²) < 4.78 is 0. The monoisotopic (exact) mass is 557 g/mol. The van der Waals surface area contributed by atoms with Gasteiger partial charge >= 0.3 is 0 Å². The standard InChI is InChI=1S/C38H31N5/c1-4-14-28(15-5-1)37-39-40-38(43(37)31-18-8-3-9-19-31)29-24-26-32(27-25-29)42-35-22-12-10-20-33(35)41(30-16-6-2-7-17-30)34-21-11-13-23-36(34)42/h1-27,37-40H. The first kappa shape index (κ1) is 25.4. The summed E-state index contributed by atoms with van der Waals surface area (Å²) in [7, 11) is 0. The largest absolute Gasteiger partial charge is 0.330 e. The van der Waals surface area contributed by atoms with Crippen molar-refractivity contribution in [2.75, 3.05) is 14.7 Å². The maximum atomic E-state index is 3.58. The van der Waals surface area contributed by atoms with Gasteiger partial charge in [-0.15, -0.1) is 0 Å². The van der Waals surface area contributed by atoms with Crippen LogP contribution in [0.5, 0.6) is 0 Å². The number of nitrogens with one attached hydrogen (secondary N) is 2. The molecular weight excluding hydrogens is 526 g/mol. The Morgan fingerprint density at radius 3 is 1.14 bits per heavy atom. The third-order valence-corrected chi connectivity index (χ3v) is 8.29. The van der Waals surface area contributed by atoms with Gasteiger partial charge < -0.3 is 14.7 Å². The van der Waals surface area contributed by atoms with Gasteiger partial charge in [0.15, 0.2) is 0 Å². The summed E-state index contributed by atoms with van der Waals surface area (Å²) >= 11 is 0. The lowest BCUT2D eigenvalue weighted by molar-refractivity contribution is 0.555. The molecule has 208 valence electrons. The summed E-state index contributed by atoms with van der Waals surface area (Å²) in [4.78, 5) is 7.13. The summed E-state index contributed by atoms with van der Waals surface area (Å²) in [6.45, 7) is 0. The van der Waals surface area contributed by atoms with Crippen LogP contribution in [0, 0.1) is 0 Å². The Kier molecular flexibility index (Phi) is 6.37. The number of benzene rings is 6. The minimum atomic E-state index is -0.0452. The third kappa shape index (κ3) is 4.43. The van der Waals surface area contributed by atoms with Gasteiger partial charge in [-0.1, -0.05) is 103 Å². The number of hydrogen-bond acceptors (Lipinski definition) is 5. The van der Waals surface area contributed by atoms with Crippen LogP contribution in [0.1, 0.15) is 23.5 Å². The normalized spacial score (nSPS) is 17.4. The molecule has 1 saturated heterocycles. The van der Waals surface area contributed by atoms with Crippen LogP contribution in [-0.4, -0.2) is 0 Å². The fourth-order valence-corrected chi connectivity index (χ4v) is 6.35. The van der Waals surface area contributed by atoms with Crippen LogP contribution in [0.3, 0.4) is 0 Å². The first-order chi connectivity index (χ1) is 21.4. The maximum absolute atomic E-state index is 3.58. The van der Waals surface area contributed by atoms with E-state index in [9.17, 15) is 0 Å². The molecule has 2 unspecified atom stereocenters. The maximum Gasteiger partial charge on any atom is 0.120 e. The van der Waals surface area contributed by atoms with E-state index in [1.54, 1.807) is 0 Å². The van der Waals surface area contributed by atoms with Gasteiger partial charge in [0.2, 0.25) is 0 Å². The van der Waals surface area contributed by atoms with Crippen molar-refractivity contribution in [2.45, 2.75) is 12.3 Å². The van der Waals surface area contributed by atoms with Crippen molar-refractivity contribution in [1.29, 1.82) is 0 Å². The van der Waals surface area contributed by atoms with Crippen molar-refractivity contribution >= 4 is 39.8 Å². The van der Waals surface area contributed by atoms with Crippen molar-refractivity contribution in [1.82, 2.24) is 10.9 Å². The summed E-state index contributed by atoms with van der Waals surface area (Å²) in [5.41, 5.74) is 17.5. The molecule has 2 aliphatic heterocycles. The molecule has 0 radical (unpaired) electrons. The average molecular weight is 558 g/mol. The van der Waals surface area contributed by atoms with E-state index >= 15 is 0 Å². The Labute approximate surface area is 252 Å². The summed E-state index contributed by atoms with van der Waals surface area (Å²) in [5.74, 6) is 0. The van der Waals surface area contributed by atoms with Crippen LogP contribution in [0.15, 0.2) is 164 Å². The Bertz CT molecular complexity index is 1790. The Hall–Kier alpha value is -5.36. The number of hydrazine groups is 1. The van der Waals surface area contributed by atoms with Crippen molar-refractivity contribution in [3.05, 3.63) is 175 Å². The van der Waals surface area contributed by atoms with Crippen LogP contribution in [0.25, 0.3) is 0 Å². The van der Waals surface area contributed by atoms with Crippen LogP contribution < -0.4 is 25.6 Å². The van der Waals surface area contributed by atoms with Crippen LogP contribution in [-0.2, 0) is 0 Å². The number of rotatable bonds is 5. The van der Waals surface area contributed by atoms with Crippen LogP contribution in [0.4, 0.5) is 39.8 Å². The highest BCUT2D eigenvalue weighted by Gasteiger charge is 2.35. The van der Waals surface area contributed by atoms with E-state index in [-0.39, 0.29) is 12.3 Å². The predicted octanol–water partition coefficient (Wildman–Crippen LogP) is 9.25. The molecule has 5 heteroatoms. The molecule has 2 aliphatic rings. The third-order valence-electron chi connectivity index (χ3n) is 8.29. The summed E-state index contributed by atoms with van der Waals surface area (Å²) in [6, 6.07) is 58.0. The molecule has 8 rings (SSSR count). The van der Waals surface area contributed by atoms with E-state index in [4.69, 9.17) is 0 Å². The van der Waals surface area contributed by atoms with E-state index in [1.807, 2.05) is 0 Å². The molecule has 0 aliphatic carbocycles. The predicted molar refractivity (Wildman–Crippen MR) is 176 cm³/mol. The second-order valence-corrected chi connectivity index (χ2v) is 10.8. The number of hydrogen-bond donors (Lipinski definition) is 2. The molecule has 0 aromatic heterocycles. The first-order valence-electron chi connectivity index (χ1n) is 14.7. The highest BCUT2D eigenvalue weighted by atomic mass is 15.6. The minimum absolute atomic E-state index is 0.00176. The van der Waals surface area contributed by atoms with Gasteiger partial charge in [-0.3, -0.25) is 0 Å². The van der Waals surface area contributed by atoms with Gasteiger partial charge in [0, 0.05) is 17.1 Å². The van der Waals surface area contributed by atoms with Gasteiger partial charge in [0.25, 0.3) is 0 Å². The minimum Gasteiger partial charge on any atom is -0.330 e. The topological polar surface area (TPSA) is 33.8 Å². The van der Waals surface area contributed by atoms with Gasteiger partial charge in [-0.25, -0.2) is 10.9 Å². The molecule has 5 nitrogen and oxygen atoms in total. The second kappa shape index (κ2) is 10.8. The van der Waals surface area contributed by atoms with E-state index in [2.05, 4.69) is 189 Å². The molecule has 1 fully saturated rings. The molecule has 2 atom stereocenters. The molecule has 2 N–H and O–H groups in total. The van der Waals surface area contributed by atoms with E-state index in [0.717, 1.165) is 39.8 Å². The second-order valence-electron chi connectivity index (χ2n) is 10.8. The molecule has 0 spiro atoms. The lowest BCUT2D eigenvalue weighted by atomic mass is 10.0. The first-order valence-corrected chi connectivity index (χ1v) is 14.7. The summed E-state index contributed by atoms with van der Waals surface area (Å²) in [6.07, 6.45) is -0.0470. The van der Waals surface area contributed by atoms with Crippen molar-refractivity contribution < 1.29 is 0 Å². The van der Waals surface area contributed by atoms with Crippen molar-refractivity contribution in [3.63, 3.8) is 0 Å². The number of anilines is 7. The lowest BCUT2D eigenvalue weighted by Crippen LogP contribution is -2.29. The quantitative estimate of drug-likeness (QED) is 0.220. The number of para-hydroxylation sites is 6. The van der Waals surface area contributed by atoms with Gasteiger partial charge in [0.1, 0.15) is 12.3 Å². The SMILES string of the molecule is c1ccc(C2NNC(c3ccc(N4c5ccccc5N(c5ccccc5)c5ccccc54)cc3)N2c2ccccc2)cc1. The molecule has 43 heavy (non-hydrogen) atoms. The Morgan fingerprint density at radius 1 is 0.326 bits per heavy atom. The Balaban J connectivity index is 1.18.